The number of ether oxygens (including phenoxy) is 1. The minimum atomic E-state index is -3.64. The van der Waals surface area contributed by atoms with Crippen molar-refractivity contribution in [3.05, 3.63) is 94.0 Å². The van der Waals surface area contributed by atoms with E-state index in [1.807, 2.05) is 44.2 Å². The van der Waals surface area contributed by atoms with E-state index in [0.717, 1.165) is 11.8 Å². The third-order valence-electron chi connectivity index (χ3n) is 6.55. The smallest absolute Gasteiger partial charge is 0.243 e. The Bertz CT molecular complexity index is 1470. The van der Waals surface area contributed by atoms with Gasteiger partial charge in [0.1, 0.15) is 11.8 Å². The molecule has 0 heterocycles. The molecule has 0 unspecified atom stereocenters. The number of amides is 2. The summed E-state index contributed by atoms with van der Waals surface area (Å²) < 4.78 is 31.8. The molecule has 0 aromatic heterocycles. The summed E-state index contributed by atoms with van der Waals surface area (Å²) in [5, 5.41) is 3.78. The minimum absolute atomic E-state index is 0.00143. The fourth-order valence-corrected chi connectivity index (χ4v) is 5.96. The molecule has 3 rings (SSSR count). The second-order valence-electron chi connectivity index (χ2n) is 10.3. The molecule has 0 bridgehead atoms. The number of carbonyl (C=O) groups is 2. The van der Waals surface area contributed by atoms with Crippen molar-refractivity contribution < 1.29 is 22.7 Å². The van der Waals surface area contributed by atoms with Gasteiger partial charge in [0.15, 0.2) is 0 Å². The lowest BCUT2D eigenvalue weighted by atomic mass is 10.0. The van der Waals surface area contributed by atoms with Crippen LogP contribution in [0.5, 0.6) is 5.75 Å². The van der Waals surface area contributed by atoms with Crippen LogP contribution in [0.15, 0.2) is 72.8 Å². The van der Waals surface area contributed by atoms with Gasteiger partial charge in [-0.05, 0) is 55.7 Å². The molecule has 1 atom stereocenters. The molecule has 0 radical (unpaired) electrons. The predicted octanol–water partition coefficient (Wildman–Crippen LogP) is 5.71. The molecule has 0 saturated heterocycles. The minimum Gasteiger partial charge on any atom is -0.497 e. The Balaban J connectivity index is 1.91. The van der Waals surface area contributed by atoms with E-state index in [2.05, 4.69) is 5.32 Å². The molecule has 0 fully saturated rings. The van der Waals surface area contributed by atoms with Crippen LogP contribution in [0, 0.1) is 0 Å². The molecule has 0 spiro atoms. The first kappa shape index (κ1) is 33.2. The number of methoxy groups -OCH3 is 1. The largest absolute Gasteiger partial charge is 0.497 e. The zero-order valence-corrected chi connectivity index (χ0v) is 26.5. The van der Waals surface area contributed by atoms with Gasteiger partial charge in [0, 0.05) is 48.1 Å². The second-order valence-corrected chi connectivity index (χ2v) is 13.0. The number of anilines is 1. The number of hydrogen-bond donors (Lipinski definition) is 1. The highest BCUT2D eigenvalue weighted by Crippen LogP contribution is 2.26. The van der Waals surface area contributed by atoms with Crippen molar-refractivity contribution in [3.8, 4) is 5.75 Å². The molecule has 11 heteroatoms. The first-order valence-corrected chi connectivity index (χ1v) is 16.2. The van der Waals surface area contributed by atoms with Gasteiger partial charge in [-0.1, -0.05) is 65.7 Å². The molecule has 1 N–H and O–H groups in total. The maximum absolute atomic E-state index is 13.9. The van der Waals surface area contributed by atoms with Crippen molar-refractivity contribution in [2.75, 3.05) is 24.2 Å². The maximum atomic E-state index is 13.9. The van der Waals surface area contributed by atoms with E-state index in [1.54, 1.807) is 42.5 Å². The quantitative estimate of drug-likeness (QED) is 0.245. The van der Waals surface area contributed by atoms with E-state index in [0.29, 0.717) is 27.0 Å². The van der Waals surface area contributed by atoms with E-state index in [1.165, 1.54) is 16.3 Å². The van der Waals surface area contributed by atoms with Crippen LogP contribution in [0.25, 0.3) is 0 Å². The Labute approximate surface area is 258 Å². The molecule has 0 aliphatic heterocycles. The summed E-state index contributed by atoms with van der Waals surface area (Å²) in [6, 6.07) is 20.2. The third-order valence-corrected chi connectivity index (χ3v) is 8.33. The van der Waals surface area contributed by atoms with Crippen LogP contribution in [0.4, 0.5) is 5.69 Å². The van der Waals surface area contributed by atoms with Gasteiger partial charge < -0.3 is 15.0 Å². The topological polar surface area (TPSA) is 96.0 Å². The van der Waals surface area contributed by atoms with Crippen LogP contribution in [0.3, 0.4) is 0 Å². The third kappa shape index (κ3) is 9.64. The fourth-order valence-electron chi connectivity index (χ4n) is 4.54. The number of nitrogens with zero attached hydrogens (tertiary/aromatic N) is 2. The van der Waals surface area contributed by atoms with Crippen molar-refractivity contribution in [2.24, 2.45) is 0 Å². The summed E-state index contributed by atoms with van der Waals surface area (Å²) in [7, 11) is -2.14. The van der Waals surface area contributed by atoms with Crippen molar-refractivity contribution in [1.82, 2.24) is 10.2 Å². The normalized spacial score (nSPS) is 12.1. The molecular formula is C31H37Cl2N3O5S. The van der Waals surface area contributed by atoms with Gasteiger partial charge in [-0.3, -0.25) is 13.9 Å². The number of hydrogen-bond acceptors (Lipinski definition) is 5. The Morgan fingerprint density at radius 3 is 2.31 bits per heavy atom. The second kappa shape index (κ2) is 15.3. The van der Waals surface area contributed by atoms with E-state index in [-0.39, 0.29) is 50.2 Å². The van der Waals surface area contributed by atoms with Gasteiger partial charge in [-0.25, -0.2) is 8.42 Å². The van der Waals surface area contributed by atoms with Gasteiger partial charge in [0.2, 0.25) is 21.8 Å². The molecular weight excluding hydrogens is 597 g/mol. The van der Waals surface area contributed by atoms with Gasteiger partial charge in [0.05, 0.1) is 19.1 Å². The molecule has 3 aromatic carbocycles. The van der Waals surface area contributed by atoms with Crippen LogP contribution in [-0.2, 0) is 32.6 Å². The number of nitrogens with one attached hydrogen (secondary N) is 1. The van der Waals surface area contributed by atoms with Crippen molar-refractivity contribution in [3.63, 3.8) is 0 Å². The highest BCUT2D eigenvalue weighted by atomic mass is 35.5. The van der Waals surface area contributed by atoms with Crippen LogP contribution < -0.4 is 14.4 Å². The van der Waals surface area contributed by atoms with E-state index >= 15 is 0 Å². The van der Waals surface area contributed by atoms with Crippen LogP contribution >= 0.6 is 23.2 Å². The molecule has 226 valence electrons. The zero-order chi connectivity index (χ0) is 30.9. The molecule has 2 amide bonds. The van der Waals surface area contributed by atoms with Crippen LogP contribution in [-0.4, -0.2) is 57.1 Å². The number of halogens is 2. The molecule has 0 aliphatic carbocycles. The Morgan fingerprint density at radius 1 is 0.976 bits per heavy atom. The average molecular weight is 635 g/mol. The van der Waals surface area contributed by atoms with E-state index in [4.69, 9.17) is 27.9 Å². The van der Waals surface area contributed by atoms with Crippen molar-refractivity contribution >= 4 is 50.7 Å². The Morgan fingerprint density at radius 2 is 1.69 bits per heavy atom. The lowest BCUT2D eigenvalue weighted by molar-refractivity contribution is -0.141. The SMILES string of the molecule is COc1cccc(N(CCCC(=O)N(Cc2ccc(Cl)cc2Cl)[C@H](Cc2ccccc2)C(=O)NC(C)C)S(C)(=O)=O)c1. The summed E-state index contributed by atoms with van der Waals surface area (Å²) in [4.78, 5) is 29.0. The van der Waals surface area contributed by atoms with Crippen LogP contribution in [0.1, 0.15) is 37.8 Å². The number of carbonyl (C=O) groups excluding carboxylic acids is 2. The summed E-state index contributed by atoms with van der Waals surface area (Å²) >= 11 is 12.6. The predicted molar refractivity (Wildman–Crippen MR) is 169 cm³/mol. The monoisotopic (exact) mass is 633 g/mol. The number of rotatable bonds is 14. The molecule has 8 nitrogen and oxygen atoms in total. The summed E-state index contributed by atoms with van der Waals surface area (Å²) in [6.07, 6.45) is 1.63. The first-order valence-electron chi connectivity index (χ1n) is 13.6. The van der Waals surface area contributed by atoms with Crippen LogP contribution in [0.2, 0.25) is 10.0 Å². The molecule has 0 saturated carbocycles. The number of sulfonamides is 1. The average Bonchev–Trinajstić information content (AvgIpc) is 2.93. The highest BCUT2D eigenvalue weighted by Gasteiger charge is 2.31. The van der Waals surface area contributed by atoms with Crippen molar-refractivity contribution in [1.29, 1.82) is 0 Å². The molecule has 42 heavy (non-hydrogen) atoms. The van der Waals surface area contributed by atoms with Crippen molar-refractivity contribution in [2.45, 2.75) is 51.7 Å². The standard InChI is InChI=1S/C31H37Cl2N3O5S/c1-22(2)34-31(38)29(18-23-10-6-5-7-11-23)35(21-24-15-16-25(32)19-28(24)33)30(37)14-9-17-36(42(4,39)40)26-12-8-13-27(20-26)41-3/h5-8,10-13,15-16,19-20,22,29H,9,14,17-18,21H2,1-4H3,(H,34,38)/t29-/m1/s1. The first-order chi connectivity index (χ1) is 19.9. The van der Waals surface area contributed by atoms with Gasteiger partial charge >= 0.3 is 0 Å². The zero-order valence-electron chi connectivity index (χ0n) is 24.2. The van der Waals surface area contributed by atoms with E-state index < -0.39 is 16.1 Å². The Kier molecular flexibility index (Phi) is 12.1. The van der Waals surface area contributed by atoms with E-state index in [9.17, 15) is 18.0 Å². The summed E-state index contributed by atoms with van der Waals surface area (Å²) in [5.41, 5.74) is 1.97. The maximum Gasteiger partial charge on any atom is 0.243 e. The summed E-state index contributed by atoms with van der Waals surface area (Å²) in [5.74, 6) is -0.0791. The lowest BCUT2D eigenvalue weighted by Gasteiger charge is -2.32. The Hall–Kier alpha value is -3.27. The van der Waals surface area contributed by atoms with Gasteiger partial charge in [-0.15, -0.1) is 0 Å². The number of benzene rings is 3. The molecule has 3 aromatic rings. The fraction of sp³-hybridized carbons (Fsp3) is 0.355. The summed E-state index contributed by atoms with van der Waals surface area (Å²) in [6.45, 7) is 3.86. The highest BCUT2D eigenvalue weighted by molar-refractivity contribution is 7.92. The van der Waals surface area contributed by atoms with Gasteiger partial charge in [0.25, 0.3) is 0 Å². The lowest BCUT2D eigenvalue weighted by Crippen LogP contribution is -2.51. The molecule has 0 aliphatic rings. The van der Waals surface area contributed by atoms with Gasteiger partial charge in [-0.2, -0.15) is 0 Å².